The highest BCUT2D eigenvalue weighted by atomic mass is 79.9. The van der Waals surface area contributed by atoms with Crippen molar-refractivity contribution in [2.24, 2.45) is 5.10 Å². The zero-order valence-corrected chi connectivity index (χ0v) is 22.2. The summed E-state index contributed by atoms with van der Waals surface area (Å²) < 4.78 is 9.50. The molecule has 2 heterocycles. The summed E-state index contributed by atoms with van der Waals surface area (Å²) in [7, 11) is 0. The van der Waals surface area contributed by atoms with Gasteiger partial charge in [0.15, 0.2) is 0 Å². The molecule has 0 saturated carbocycles. The van der Waals surface area contributed by atoms with Gasteiger partial charge in [0.2, 0.25) is 0 Å². The number of rotatable bonds is 7. The number of nitrogens with zero attached hydrogens (tertiary/aromatic N) is 4. The summed E-state index contributed by atoms with van der Waals surface area (Å²) in [5.41, 5.74) is 3.04. The average Bonchev–Trinajstić information content (AvgIpc) is 3.08. The van der Waals surface area contributed by atoms with Gasteiger partial charge in [0.25, 0.3) is 5.56 Å². The molecule has 7 nitrogen and oxygen atoms in total. The SMILES string of the molecule is CC[C@@H](C)c1nc2ccc(Br)cc2c(=O)n1N=Cc1c(C)n(CC(=O)OC(C)C)c2ccccc12. The molecule has 0 spiro atoms. The molecule has 4 rings (SSSR count). The number of hydrogen-bond donors (Lipinski definition) is 0. The van der Waals surface area contributed by atoms with Crippen molar-refractivity contribution in [3.8, 4) is 0 Å². The predicted octanol–water partition coefficient (Wildman–Crippen LogP) is 5.77. The Morgan fingerprint density at radius 1 is 1.17 bits per heavy atom. The Morgan fingerprint density at radius 2 is 1.91 bits per heavy atom. The van der Waals surface area contributed by atoms with Gasteiger partial charge in [0.05, 0.1) is 23.2 Å². The van der Waals surface area contributed by atoms with Crippen molar-refractivity contribution in [3.63, 3.8) is 0 Å². The van der Waals surface area contributed by atoms with E-state index in [1.807, 2.05) is 68.7 Å². The molecule has 0 bridgehead atoms. The third-order valence-corrected chi connectivity index (χ3v) is 6.62. The van der Waals surface area contributed by atoms with Crippen LogP contribution in [-0.4, -0.2) is 32.5 Å². The van der Waals surface area contributed by atoms with E-state index in [4.69, 9.17) is 9.72 Å². The zero-order valence-electron chi connectivity index (χ0n) is 20.6. The molecule has 0 unspecified atom stereocenters. The molecule has 0 aliphatic carbocycles. The summed E-state index contributed by atoms with van der Waals surface area (Å²) in [5, 5.41) is 6.09. The fraction of sp³-hybridized carbons (Fsp3) is 0.333. The minimum atomic E-state index is -0.299. The molecule has 0 aliphatic rings. The predicted molar refractivity (Wildman–Crippen MR) is 143 cm³/mol. The van der Waals surface area contributed by atoms with E-state index in [9.17, 15) is 9.59 Å². The van der Waals surface area contributed by atoms with Crippen molar-refractivity contribution in [2.75, 3.05) is 0 Å². The Kier molecular flexibility index (Phi) is 7.21. The standard InChI is InChI=1S/C27H29BrN4O3/c1-6-17(4)26-30-23-12-11-19(28)13-21(23)27(34)32(26)29-14-22-18(5)31(15-25(33)35-16(2)3)24-10-8-7-9-20(22)24/h7-14,16-17H,6,15H2,1-5H3/t17-/m1/s1. The Hall–Kier alpha value is -3.26. The smallest absolute Gasteiger partial charge is 0.326 e. The summed E-state index contributed by atoms with van der Waals surface area (Å²) in [6.45, 7) is 9.81. The summed E-state index contributed by atoms with van der Waals surface area (Å²) in [6, 6.07) is 13.3. The van der Waals surface area contributed by atoms with Gasteiger partial charge >= 0.3 is 5.97 Å². The molecule has 0 saturated heterocycles. The molecular formula is C27H29BrN4O3. The third-order valence-electron chi connectivity index (χ3n) is 6.12. The Morgan fingerprint density at radius 3 is 2.63 bits per heavy atom. The van der Waals surface area contributed by atoms with E-state index in [0.29, 0.717) is 16.7 Å². The molecule has 0 amide bonds. The quantitative estimate of drug-likeness (QED) is 0.222. The van der Waals surface area contributed by atoms with Crippen molar-refractivity contribution in [2.45, 2.75) is 59.6 Å². The molecule has 35 heavy (non-hydrogen) atoms. The van der Waals surface area contributed by atoms with Crippen LogP contribution in [0.4, 0.5) is 0 Å². The molecule has 2 aromatic heterocycles. The second-order valence-electron chi connectivity index (χ2n) is 8.94. The van der Waals surface area contributed by atoms with Crippen LogP contribution in [0, 0.1) is 6.92 Å². The lowest BCUT2D eigenvalue weighted by molar-refractivity contribution is -0.148. The van der Waals surface area contributed by atoms with E-state index in [1.54, 1.807) is 12.3 Å². The highest BCUT2D eigenvalue weighted by molar-refractivity contribution is 9.10. The van der Waals surface area contributed by atoms with Gasteiger partial charge in [-0.3, -0.25) is 9.59 Å². The summed E-state index contributed by atoms with van der Waals surface area (Å²) in [5.74, 6) is 0.360. The van der Waals surface area contributed by atoms with Crippen LogP contribution in [0.5, 0.6) is 0 Å². The first-order chi connectivity index (χ1) is 16.7. The third kappa shape index (κ3) is 4.93. The lowest BCUT2D eigenvalue weighted by atomic mass is 10.1. The van der Waals surface area contributed by atoms with E-state index in [1.165, 1.54) is 4.68 Å². The zero-order chi connectivity index (χ0) is 25.3. The normalized spacial score (nSPS) is 12.8. The average molecular weight is 537 g/mol. The number of para-hydroxylation sites is 1. The summed E-state index contributed by atoms with van der Waals surface area (Å²) in [6.07, 6.45) is 2.33. The Labute approximate surface area is 212 Å². The maximum atomic E-state index is 13.5. The fourth-order valence-electron chi connectivity index (χ4n) is 4.15. The second kappa shape index (κ2) is 10.2. The largest absolute Gasteiger partial charge is 0.462 e. The van der Waals surface area contributed by atoms with E-state index in [2.05, 4.69) is 28.0 Å². The molecule has 2 aromatic carbocycles. The first-order valence-corrected chi connectivity index (χ1v) is 12.5. The molecule has 0 aliphatic heterocycles. The molecule has 1 atom stereocenters. The first kappa shape index (κ1) is 24.9. The fourth-order valence-corrected chi connectivity index (χ4v) is 4.51. The number of benzene rings is 2. The van der Waals surface area contributed by atoms with E-state index in [0.717, 1.165) is 33.1 Å². The van der Waals surface area contributed by atoms with Crippen molar-refractivity contribution >= 4 is 49.9 Å². The van der Waals surface area contributed by atoms with Crippen LogP contribution in [0.15, 0.2) is 56.8 Å². The number of aromatic nitrogens is 3. The van der Waals surface area contributed by atoms with E-state index < -0.39 is 0 Å². The maximum Gasteiger partial charge on any atom is 0.326 e. The van der Waals surface area contributed by atoms with E-state index >= 15 is 0 Å². The van der Waals surface area contributed by atoms with E-state index in [-0.39, 0.29) is 30.1 Å². The number of esters is 1. The number of hydrogen-bond acceptors (Lipinski definition) is 5. The van der Waals surface area contributed by atoms with Crippen molar-refractivity contribution in [1.29, 1.82) is 0 Å². The first-order valence-electron chi connectivity index (χ1n) is 11.7. The lowest BCUT2D eigenvalue weighted by Crippen LogP contribution is -2.23. The van der Waals surface area contributed by atoms with Gasteiger partial charge in [-0.2, -0.15) is 9.78 Å². The lowest BCUT2D eigenvalue weighted by Gasteiger charge is -2.14. The molecule has 8 heteroatoms. The summed E-state index contributed by atoms with van der Waals surface area (Å²) >= 11 is 3.45. The van der Waals surface area contributed by atoms with Crippen molar-refractivity contribution in [3.05, 3.63) is 74.4 Å². The molecule has 0 radical (unpaired) electrons. The number of carbonyl (C=O) groups is 1. The highest BCUT2D eigenvalue weighted by Gasteiger charge is 2.18. The minimum Gasteiger partial charge on any atom is -0.462 e. The van der Waals surface area contributed by atoms with Gasteiger partial charge in [0.1, 0.15) is 12.4 Å². The number of ether oxygens (including phenoxy) is 1. The molecule has 4 aromatic rings. The van der Waals surface area contributed by atoms with Crippen molar-refractivity contribution < 1.29 is 9.53 Å². The topological polar surface area (TPSA) is 78.5 Å². The molecular weight excluding hydrogens is 508 g/mol. The van der Waals surface area contributed by atoms with Crippen LogP contribution in [0.25, 0.3) is 21.8 Å². The minimum absolute atomic E-state index is 0.0427. The molecule has 0 N–H and O–H groups in total. The van der Waals surface area contributed by atoms with Crippen molar-refractivity contribution in [1.82, 2.24) is 14.2 Å². The van der Waals surface area contributed by atoms with Crippen LogP contribution in [0.1, 0.15) is 57.1 Å². The molecule has 182 valence electrons. The van der Waals surface area contributed by atoms with Crippen LogP contribution < -0.4 is 5.56 Å². The van der Waals surface area contributed by atoms with Crippen LogP contribution in [0.3, 0.4) is 0 Å². The van der Waals surface area contributed by atoms with Gasteiger partial charge in [-0.1, -0.05) is 48.0 Å². The van der Waals surface area contributed by atoms with Crippen LogP contribution >= 0.6 is 15.9 Å². The number of carbonyl (C=O) groups excluding carboxylic acids is 1. The van der Waals surface area contributed by atoms with Crippen LogP contribution in [-0.2, 0) is 16.1 Å². The Bertz CT molecular complexity index is 1500. The van der Waals surface area contributed by atoms with Gasteiger partial charge in [0, 0.05) is 32.6 Å². The number of halogens is 1. The monoisotopic (exact) mass is 536 g/mol. The van der Waals surface area contributed by atoms with Gasteiger partial charge in [-0.05, 0) is 51.5 Å². The maximum absolute atomic E-state index is 13.5. The Balaban J connectivity index is 1.87. The van der Waals surface area contributed by atoms with Gasteiger partial charge in [-0.25, -0.2) is 4.98 Å². The highest BCUT2D eigenvalue weighted by Crippen LogP contribution is 2.25. The number of fused-ring (bicyclic) bond motifs is 2. The molecule has 0 fully saturated rings. The summed E-state index contributed by atoms with van der Waals surface area (Å²) in [4.78, 5) is 30.7. The van der Waals surface area contributed by atoms with Crippen LogP contribution in [0.2, 0.25) is 0 Å². The van der Waals surface area contributed by atoms with Gasteiger partial charge in [-0.15, -0.1) is 0 Å². The second-order valence-corrected chi connectivity index (χ2v) is 9.86. The van der Waals surface area contributed by atoms with Gasteiger partial charge < -0.3 is 9.30 Å².